The minimum atomic E-state index is -0.138. The zero-order valence-corrected chi connectivity index (χ0v) is 10.6. The molecule has 2 fully saturated rings. The van der Waals surface area contributed by atoms with E-state index in [4.69, 9.17) is 0 Å². The molecule has 1 N–H and O–H groups in total. The number of rotatable bonds is 3. The smallest absolute Gasteiger partial charge is 0.239 e. The summed E-state index contributed by atoms with van der Waals surface area (Å²) in [5.41, 5.74) is 0. The molecule has 0 aromatic heterocycles. The van der Waals surface area contributed by atoms with E-state index in [0.717, 1.165) is 12.8 Å². The molecule has 2 aliphatic rings. The molecule has 5 heteroatoms. The molecule has 1 saturated heterocycles. The second-order valence-electron chi connectivity index (χ2n) is 4.94. The molecule has 1 atom stereocenters. The van der Waals surface area contributed by atoms with Crippen molar-refractivity contribution in [2.75, 3.05) is 33.2 Å². The van der Waals surface area contributed by atoms with Crippen LogP contribution in [-0.4, -0.2) is 60.9 Å². The quantitative estimate of drug-likeness (QED) is 0.734. The lowest BCUT2D eigenvalue weighted by Gasteiger charge is -2.36. The SMILES string of the molecule is CNC(C)C(=O)N1CCN(C(=O)C2CC2)CC1. The fraction of sp³-hybridized carbons (Fsp3) is 0.833. The van der Waals surface area contributed by atoms with Gasteiger partial charge in [-0.1, -0.05) is 0 Å². The van der Waals surface area contributed by atoms with Crippen LogP contribution in [0.2, 0.25) is 0 Å². The van der Waals surface area contributed by atoms with Crippen molar-refractivity contribution in [1.82, 2.24) is 15.1 Å². The normalized spacial score (nSPS) is 22.5. The van der Waals surface area contributed by atoms with Gasteiger partial charge in [0.15, 0.2) is 0 Å². The van der Waals surface area contributed by atoms with Crippen LogP contribution < -0.4 is 5.32 Å². The lowest BCUT2D eigenvalue weighted by molar-refractivity contribution is -0.141. The summed E-state index contributed by atoms with van der Waals surface area (Å²) in [4.78, 5) is 27.5. The van der Waals surface area contributed by atoms with Crippen molar-refractivity contribution in [1.29, 1.82) is 0 Å². The summed E-state index contributed by atoms with van der Waals surface area (Å²) < 4.78 is 0. The minimum Gasteiger partial charge on any atom is -0.339 e. The Kier molecular flexibility index (Phi) is 3.66. The van der Waals surface area contributed by atoms with Gasteiger partial charge in [-0.25, -0.2) is 0 Å². The molecule has 0 aromatic rings. The zero-order chi connectivity index (χ0) is 12.4. The maximum atomic E-state index is 11.9. The van der Waals surface area contributed by atoms with Gasteiger partial charge in [0.25, 0.3) is 0 Å². The Morgan fingerprint density at radius 1 is 1.12 bits per heavy atom. The standard InChI is InChI=1S/C12H21N3O2/c1-9(13-2)11(16)14-5-7-15(8-6-14)12(17)10-3-4-10/h9-10,13H,3-8H2,1-2H3. The third-order valence-electron chi connectivity index (χ3n) is 3.63. The van der Waals surface area contributed by atoms with Gasteiger partial charge in [-0.15, -0.1) is 0 Å². The van der Waals surface area contributed by atoms with Gasteiger partial charge in [-0.2, -0.15) is 0 Å². The monoisotopic (exact) mass is 239 g/mol. The van der Waals surface area contributed by atoms with Crippen LogP contribution in [0, 0.1) is 5.92 Å². The number of likely N-dealkylation sites (N-methyl/N-ethyl adjacent to an activating group) is 1. The number of hydrogen-bond acceptors (Lipinski definition) is 3. The Labute approximate surface area is 102 Å². The highest BCUT2D eigenvalue weighted by molar-refractivity contribution is 5.83. The molecule has 17 heavy (non-hydrogen) atoms. The maximum Gasteiger partial charge on any atom is 0.239 e. The second-order valence-corrected chi connectivity index (χ2v) is 4.94. The number of carbonyl (C=O) groups is 2. The van der Waals surface area contributed by atoms with E-state index in [2.05, 4.69) is 5.32 Å². The van der Waals surface area contributed by atoms with Crippen molar-refractivity contribution in [2.24, 2.45) is 5.92 Å². The Balaban J connectivity index is 1.81. The molecule has 0 spiro atoms. The van der Waals surface area contributed by atoms with E-state index in [1.54, 1.807) is 7.05 Å². The summed E-state index contributed by atoms with van der Waals surface area (Å²) >= 11 is 0. The molecule has 5 nitrogen and oxygen atoms in total. The molecule has 1 unspecified atom stereocenters. The predicted octanol–water partition coefficient (Wildman–Crippen LogP) is -0.325. The first-order chi connectivity index (χ1) is 8.13. The first-order valence-electron chi connectivity index (χ1n) is 6.38. The summed E-state index contributed by atoms with van der Waals surface area (Å²) in [6.07, 6.45) is 2.10. The van der Waals surface area contributed by atoms with E-state index >= 15 is 0 Å². The van der Waals surface area contributed by atoms with Gasteiger partial charge < -0.3 is 15.1 Å². The van der Waals surface area contributed by atoms with Gasteiger partial charge in [0, 0.05) is 32.1 Å². The van der Waals surface area contributed by atoms with E-state index < -0.39 is 0 Å². The van der Waals surface area contributed by atoms with Crippen LogP contribution in [-0.2, 0) is 9.59 Å². The van der Waals surface area contributed by atoms with Crippen LogP contribution in [0.5, 0.6) is 0 Å². The summed E-state index contributed by atoms with van der Waals surface area (Å²) in [5, 5.41) is 2.95. The molecule has 0 aromatic carbocycles. The molecule has 2 rings (SSSR count). The van der Waals surface area contributed by atoms with Gasteiger partial charge in [0.05, 0.1) is 6.04 Å². The Morgan fingerprint density at radius 2 is 1.65 bits per heavy atom. The molecular formula is C12H21N3O2. The molecule has 2 amide bonds. The van der Waals surface area contributed by atoms with Crippen LogP contribution in [0.15, 0.2) is 0 Å². The van der Waals surface area contributed by atoms with E-state index in [1.165, 1.54) is 0 Å². The highest BCUT2D eigenvalue weighted by atomic mass is 16.2. The summed E-state index contributed by atoms with van der Waals surface area (Å²) in [6, 6.07) is -0.138. The van der Waals surface area contributed by atoms with Crippen LogP contribution in [0.3, 0.4) is 0 Å². The molecule has 1 aliphatic heterocycles. The molecule has 1 aliphatic carbocycles. The Bertz CT molecular complexity index is 307. The largest absolute Gasteiger partial charge is 0.339 e. The molecule has 1 heterocycles. The maximum absolute atomic E-state index is 11.9. The second kappa shape index (κ2) is 5.04. The fourth-order valence-corrected chi connectivity index (χ4v) is 2.13. The Morgan fingerprint density at radius 3 is 2.12 bits per heavy atom. The third kappa shape index (κ3) is 2.77. The van der Waals surface area contributed by atoms with Gasteiger partial charge in [0.2, 0.25) is 11.8 Å². The van der Waals surface area contributed by atoms with Crippen LogP contribution in [0.1, 0.15) is 19.8 Å². The molecule has 0 bridgehead atoms. The van der Waals surface area contributed by atoms with Gasteiger partial charge >= 0.3 is 0 Å². The number of carbonyl (C=O) groups excluding carboxylic acids is 2. The van der Waals surface area contributed by atoms with E-state index in [9.17, 15) is 9.59 Å². The van der Waals surface area contributed by atoms with Crippen molar-refractivity contribution in [3.8, 4) is 0 Å². The fourth-order valence-electron chi connectivity index (χ4n) is 2.13. The predicted molar refractivity (Wildman–Crippen MR) is 64.4 cm³/mol. The molecule has 96 valence electrons. The lowest BCUT2D eigenvalue weighted by Crippen LogP contribution is -2.54. The van der Waals surface area contributed by atoms with Gasteiger partial charge in [-0.05, 0) is 26.8 Å². The van der Waals surface area contributed by atoms with Crippen molar-refractivity contribution < 1.29 is 9.59 Å². The number of nitrogens with zero attached hydrogens (tertiary/aromatic N) is 2. The zero-order valence-electron chi connectivity index (χ0n) is 10.6. The highest BCUT2D eigenvalue weighted by Crippen LogP contribution is 2.31. The summed E-state index contributed by atoms with van der Waals surface area (Å²) in [5.74, 6) is 0.707. The average molecular weight is 239 g/mol. The van der Waals surface area contributed by atoms with Crippen molar-refractivity contribution in [3.63, 3.8) is 0 Å². The highest BCUT2D eigenvalue weighted by Gasteiger charge is 2.35. The van der Waals surface area contributed by atoms with E-state index in [1.807, 2.05) is 16.7 Å². The molecule has 0 radical (unpaired) electrons. The van der Waals surface area contributed by atoms with E-state index in [-0.39, 0.29) is 17.9 Å². The number of hydrogen-bond donors (Lipinski definition) is 1. The number of piperazine rings is 1. The number of nitrogens with one attached hydrogen (secondary N) is 1. The number of amides is 2. The van der Waals surface area contributed by atoms with Crippen molar-refractivity contribution >= 4 is 11.8 Å². The average Bonchev–Trinajstić information content (AvgIpc) is 3.20. The van der Waals surface area contributed by atoms with Crippen LogP contribution in [0.4, 0.5) is 0 Å². The Hall–Kier alpha value is -1.10. The van der Waals surface area contributed by atoms with Gasteiger partial charge in [0.1, 0.15) is 0 Å². The van der Waals surface area contributed by atoms with Crippen molar-refractivity contribution in [2.45, 2.75) is 25.8 Å². The van der Waals surface area contributed by atoms with E-state index in [0.29, 0.717) is 32.1 Å². The third-order valence-corrected chi connectivity index (χ3v) is 3.63. The lowest BCUT2D eigenvalue weighted by atomic mass is 10.2. The summed E-state index contributed by atoms with van der Waals surface area (Å²) in [6.45, 7) is 4.59. The summed E-state index contributed by atoms with van der Waals surface area (Å²) in [7, 11) is 1.79. The van der Waals surface area contributed by atoms with Crippen molar-refractivity contribution in [3.05, 3.63) is 0 Å². The van der Waals surface area contributed by atoms with Crippen LogP contribution >= 0.6 is 0 Å². The first-order valence-corrected chi connectivity index (χ1v) is 6.38. The minimum absolute atomic E-state index is 0.131. The topological polar surface area (TPSA) is 52.7 Å². The first kappa shape index (κ1) is 12.4. The molecular weight excluding hydrogens is 218 g/mol. The van der Waals surface area contributed by atoms with Gasteiger partial charge in [-0.3, -0.25) is 9.59 Å². The molecule has 1 saturated carbocycles. The van der Waals surface area contributed by atoms with Crippen LogP contribution in [0.25, 0.3) is 0 Å².